The van der Waals surface area contributed by atoms with Gasteiger partial charge in [-0.3, -0.25) is 9.88 Å². The Labute approximate surface area is 109 Å². The third-order valence-corrected chi connectivity index (χ3v) is 4.21. The van der Waals surface area contributed by atoms with Crippen LogP contribution >= 0.6 is 0 Å². The van der Waals surface area contributed by atoms with Gasteiger partial charge < -0.3 is 10.2 Å². The number of piperazine rings is 1. The Hall–Kier alpha value is -1.29. The van der Waals surface area contributed by atoms with Crippen molar-refractivity contribution in [2.45, 2.75) is 25.3 Å². The van der Waals surface area contributed by atoms with Crippen LogP contribution in [0.25, 0.3) is 0 Å². The van der Waals surface area contributed by atoms with Crippen molar-refractivity contribution in [2.75, 3.05) is 43.4 Å². The number of anilines is 2. The number of nitrogens with zero attached hydrogens (tertiary/aromatic N) is 3. The Morgan fingerprint density at radius 1 is 1.22 bits per heavy atom. The molecule has 1 atom stereocenters. The smallest absolute Gasteiger partial charge is 0.0574 e. The Morgan fingerprint density at radius 2 is 2.17 bits per heavy atom. The molecule has 1 aromatic rings. The SMILES string of the molecule is CNc1cncc(N2CCN3CCCCC3C2)c1. The molecule has 0 aromatic carbocycles. The van der Waals surface area contributed by atoms with Gasteiger partial charge in [-0.1, -0.05) is 6.42 Å². The molecule has 18 heavy (non-hydrogen) atoms. The van der Waals surface area contributed by atoms with Crippen LogP contribution in [-0.2, 0) is 0 Å². The molecule has 4 nitrogen and oxygen atoms in total. The highest BCUT2D eigenvalue weighted by Crippen LogP contribution is 2.25. The van der Waals surface area contributed by atoms with Crippen molar-refractivity contribution < 1.29 is 0 Å². The first-order valence-electron chi connectivity index (χ1n) is 6.98. The number of fused-ring (bicyclic) bond motifs is 1. The van der Waals surface area contributed by atoms with Gasteiger partial charge in [0.15, 0.2) is 0 Å². The number of pyridine rings is 1. The average molecular weight is 246 g/mol. The van der Waals surface area contributed by atoms with E-state index in [1.807, 2.05) is 19.4 Å². The number of rotatable bonds is 2. The molecule has 3 rings (SSSR count). The normalized spacial score (nSPS) is 24.7. The van der Waals surface area contributed by atoms with Crippen molar-refractivity contribution in [3.8, 4) is 0 Å². The van der Waals surface area contributed by atoms with Crippen molar-refractivity contribution >= 4 is 11.4 Å². The van der Waals surface area contributed by atoms with Gasteiger partial charge in [0.25, 0.3) is 0 Å². The van der Waals surface area contributed by atoms with Gasteiger partial charge in [-0.15, -0.1) is 0 Å². The monoisotopic (exact) mass is 246 g/mol. The lowest BCUT2D eigenvalue weighted by molar-refractivity contribution is 0.133. The molecule has 98 valence electrons. The summed E-state index contributed by atoms with van der Waals surface area (Å²) in [5.74, 6) is 0. The first-order valence-corrected chi connectivity index (χ1v) is 6.98. The van der Waals surface area contributed by atoms with E-state index in [1.165, 1.54) is 38.0 Å². The number of hydrogen-bond donors (Lipinski definition) is 1. The van der Waals surface area contributed by atoms with Crippen molar-refractivity contribution in [3.63, 3.8) is 0 Å². The fourth-order valence-corrected chi connectivity index (χ4v) is 3.13. The van der Waals surface area contributed by atoms with Crippen LogP contribution in [0.3, 0.4) is 0 Å². The van der Waals surface area contributed by atoms with E-state index in [9.17, 15) is 0 Å². The maximum Gasteiger partial charge on any atom is 0.0574 e. The Morgan fingerprint density at radius 3 is 3.06 bits per heavy atom. The third-order valence-electron chi connectivity index (χ3n) is 4.21. The highest BCUT2D eigenvalue weighted by molar-refractivity contribution is 5.55. The summed E-state index contributed by atoms with van der Waals surface area (Å²) in [5, 5.41) is 3.16. The van der Waals surface area contributed by atoms with E-state index < -0.39 is 0 Å². The van der Waals surface area contributed by atoms with Crippen LogP contribution in [0.2, 0.25) is 0 Å². The molecule has 2 saturated heterocycles. The molecule has 0 bridgehead atoms. The fourth-order valence-electron chi connectivity index (χ4n) is 3.13. The summed E-state index contributed by atoms with van der Waals surface area (Å²) in [6.07, 6.45) is 7.99. The predicted octanol–water partition coefficient (Wildman–Crippen LogP) is 1.80. The van der Waals surface area contributed by atoms with E-state index in [1.54, 1.807) is 0 Å². The molecule has 2 fully saturated rings. The minimum atomic E-state index is 0.755. The average Bonchev–Trinajstić information content (AvgIpc) is 2.47. The number of piperidine rings is 1. The number of hydrogen-bond acceptors (Lipinski definition) is 4. The predicted molar refractivity (Wildman–Crippen MR) is 75.2 cm³/mol. The fraction of sp³-hybridized carbons (Fsp3) is 0.643. The summed E-state index contributed by atoms with van der Waals surface area (Å²) >= 11 is 0. The summed E-state index contributed by atoms with van der Waals surface area (Å²) in [7, 11) is 1.94. The van der Waals surface area contributed by atoms with Crippen molar-refractivity contribution in [2.24, 2.45) is 0 Å². The summed E-state index contributed by atoms with van der Waals surface area (Å²) in [6, 6.07) is 2.96. The Kier molecular flexibility index (Phi) is 3.37. The summed E-state index contributed by atoms with van der Waals surface area (Å²) in [5.41, 5.74) is 2.35. The molecule has 0 radical (unpaired) electrons. The molecule has 1 unspecified atom stereocenters. The standard InChI is InChI=1S/C14H22N4/c1-15-12-8-14(10-16-9-12)18-7-6-17-5-3-2-4-13(17)11-18/h8-10,13,15H,2-7,11H2,1H3. The van der Waals surface area contributed by atoms with Gasteiger partial charge in [0.05, 0.1) is 23.8 Å². The van der Waals surface area contributed by atoms with Gasteiger partial charge in [0.2, 0.25) is 0 Å². The van der Waals surface area contributed by atoms with Crippen LogP contribution in [0.4, 0.5) is 11.4 Å². The van der Waals surface area contributed by atoms with Crippen molar-refractivity contribution in [1.29, 1.82) is 0 Å². The minimum absolute atomic E-state index is 0.755. The zero-order chi connectivity index (χ0) is 12.4. The number of aromatic nitrogens is 1. The molecule has 2 aliphatic rings. The second kappa shape index (κ2) is 5.14. The zero-order valence-corrected chi connectivity index (χ0v) is 11.1. The molecule has 0 aliphatic carbocycles. The Bertz CT molecular complexity index is 407. The van der Waals surface area contributed by atoms with Crippen molar-refractivity contribution in [1.82, 2.24) is 9.88 Å². The molecule has 3 heterocycles. The van der Waals surface area contributed by atoms with E-state index in [-0.39, 0.29) is 0 Å². The quantitative estimate of drug-likeness (QED) is 0.862. The van der Waals surface area contributed by atoms with Gasteiger partial charge in [0.1, 0.15) is 0 Å². The summed E-state index contributed by atoms with van der Waals surface area (Å²) in [6.45, 7) is 4.79. The van der Waals surface area contributed by atoms with Gasteiger partial charge in [0, 0.05) is 32.7 Å². The van der Waals surface area contributed by atoms with Crippen LogP contribution in [0.15, 0.2) is 18.5 Å². The molecule has 0 amide bonds. The van der Waals surface area contributed by atoms with Gasteiger partial charge in [-0.2, -0.15) is 0 Å². The maximum absolute atomic E-state index is 4.32. The maximum atomic E-state index is 4.32. The van der Waals surface area contributed by atoms with Gasteiger partial charge in [-0.05, 0) is 25.5 Å². The first kappa shape index (κ1) is 11.8. The lowest BCUT2D eigenvalue weighted by atomic mass is 9.99. The highest BCUT2D eigenvalue weighted by atomic mass is 15.3. The lowest BCUT2D eigenvalue weighted by Gasteiger charge is -2.44. The molecule has 1 aromatic heterocycles. The first-order chi connectivity index (χ1) is 8.86. The second-order valence-corrected chi connectivity index (χ2v) is 5.31. The topological polar surface area (TPSA) is 31.4 Å². The van der Waals surface area contributed by atoms with E-state index >= 15 is 0 Å². The molecule has 0 spiro atoms. The third kappa shape index (κ3) is 2.29. The molecular weight excluding hydrogens is 224 g/mol. The summed E-state index contributed by atoms with van der Waals surface area (Å²) < 4.78 is 0. The molecule has 0 saturated carbocycles. The molecule has 4 heteroatoms. The van der Waals surface area contributed by atoms with Crippen molar-refractivity contribution in [3.05, 3.63) is 18.5 Å². The lowest BCUT2D eigenvalue weighted by Crippen LogP contribution is -2.54. The largest absolute Gasteiger partial charge is 0.387 e. The van der Waals surface area contributed by atoms with Gasteiger partial charge >= 0.3 is 0 Å². The summed E-state index contributed by atoms with van der Waals surface area (Å²) in [4.78, 5) is 9.47. The molecule has 1 N–H and O–H groups in total. The van der Waals surface area contributed by atoms with Crippen LogP contribution < -0.4 is 10.2 Å². The van der Waals surface area contributed by atoms with E-state index in [0.29, 0.717) is 0 Å². The number of nitrogens with one attached hydrogen (secondary N) is 1. The highest BCUT2D eigenvalue weighted by Gasteiger charge is 2.28. The minimum Gasteiger partial charge on any atom is -0.387 e. The Balaban J connectivity index is 1.72. The van der Waals surface area contributed by atoms with E-state index in [2.05, 4.69) is 26.2 Å². The molecule has 2 aliphatic heterocycles. The van der Waals surface area contributed by atoms with Crippen LogP contribution in [0.1, 0.15) is 19.3 Å². The zero-order valence-electron chi connectivity index (χ0n) is 11.1. The molecular formula is C14H22N4. The van der Waals surface area contributed by atoms with Gasteiger partial charge in [-0.25, -0.2) is 0 Å². The second-order valence-electron chi connectivity index (χ2n) is 5.31. The van der Waals surface area contributed by atoms with Crippen LogP contribution in [-0.4, -0.2) is 49.2 Å². The van der Waals surface area contributed by atoms with Crippen LogP contribution in [0.5, 0.6) is 0 Å². The van der Waals surface area contributed by atoms with E-state index in [0.717, 1.165) is 24.8 Å². The van der Waals surface area contributed by atoms with E-state index in [4.69, 9.17) is 0 Å². The van der Waals surface area contributed by atoms with Crippen LogP contribution in [0, 0.1) is 0 Å².